The summed E-state index contributed by atoms with van der Waals surface area (Å²) in [5.74, 6) is 0.192. The van der Waals surface area contributed by atoms with Crippen LogP contribution in [0.1, 0.15) is 45.4 Å². The second-order valence-electron chi connectivity index (χ2n) is 6.11. The van der Waals surface area contributed by atoms with Gasteiger partial charge < -0.3 is 14.5 Å². The topological polar surface area (TPSA) is 49.9 Å². The van der Waals surface area contributed by atoms with Gasteiger partial charge >= 0.3 is 0 Å². The molecule has 1 saturated heterocycles. The van der Waals surface area contributed by atoms with Crippen LogP contribution in [0.4, 0.5) is 0 Å². The number of rotatable bonds is 6. The van der Waals surface area contributed by atoms with Gasteiger partial charge in [0.05, 0.1) is 13.2 Å². The first kappa shape index (κ1) is 17.0. The second kappa shape index (κ2) is 8.93. The molecule has 1 aliphatic heterocycles. The molecule has 0 aromatic rings. The highest BCUT2D eigenvalue weighted by Gasteiger charge is 2.18. The zero-order valence-corrected chi connectivity index (χ0v) is 13.7. The summed E-state index contributed by atoms with van der Waals surface area (Å²) in [6, 6.07) is 0. The summed E-state index contributed by atoms with van der Waals surface area (Å²) in [6.45, 7) is 5.44. The van der Waals surface area contributed by atoms with Crippen LogP contribution in [0.5, 0.6) is 0 Å². The van der Waals surface area contributed by atoms with Crippen LogP contribution in [0, 0.1) is 0 Å². The number of ether oxygens (including phenoxy) is 1. The van der Waals surface area contributed by atoms with E-state index in [0.717, 1.165) is 13.0 Å². The van der Waals surface area contributed by atoms with Crippen molar-refractivity contribution in [2.75, 3.05) is 39.4 Å². The number of carbonyl (C=O) groups is 2. The largest absolute Gasteiger partial charge is 0.378 e. The Morgan fingerprint density at radius 3 is 2.64 bits per heavy atom. The molecule has 2 rings (SSSR count). The van der Waals surface area contributed by atoms with Crippen molar-refractivity contribution < 1.29 is 14.3 Å². The minimum absolute atomic E-state index is 0.0613. The Balaban J connectivity index is 1.74. The fourth-order valence-electron chi connectivity index (χ4n) is 3.04. The summed E-state index contributed by atoms with van der Waals surface area (Å²) in [6.07, 6.45) is 8.57. The van der Waals surface area contributed by atoms with Crippen LogP contribution in [0.25, 0.3) is 0 Å². The number of carbonyl (C=O) groups excluding carboxylic acids is 2. The third kappa shape index (κ3) is 5.44. The first-order valence-electron chi connectivity index (χ1n) is 8.46. The van der Waals surface area contributed by atoms with Gasteiger partial charge in [-0.05, 0) is 32.1 Å². The molecule has 0 spiro atoms. The molecule has 2 amide bonds. The van der Waals surface area contributed by atoms with Crippen molar-refractivity contribution in [3.8, 4) is 0 Å². The van der Waals surface area contributed by atoms with Crippen LogP contribution in [0.2, 0.25) is 0 Å². The summed E-state index contributed by atoms with van der Waals surface area (Å²) < 4.78 is 5.25. The van der Waals surface area contributed by atoms with E-state index in [1.54, 1.807) is 6.92 Å². The van der Waals surface area contributed by atoms with E-state index in [-0.39, 0.29) is 11.8 Å². The van der Waals surface area contributed by atoms with Gasteiger partial charge in [0.2, 0.25) is 11.8 Å². The van der Waals surface area contributed by atoms with Crippen molar-refractivity contribution in [1.82, 2.24) is 9.80 Å². The molecular formula is C17H28N2O3. The smallest absolute Gasteiger partial charge is 0.224 e. The molecule has 0 unspecified atom stereocenters. The van der Waals surface area contributed by atoms with E-state index in [1.807, 2.05) is 9.80 Å². The fraction of sp³-hybridized carbons (Fsp3) is 0.765. The summed E-state index contributed by atoms with van der Waals surface area (Å²) in [4.78, 5) is 27.6. The molecule has 0 aromatic carbocycles. The van der Waals surface area contributed by atoms with Crippen LogP contribution >= 0.6 is 0 Å². The van der Waals surface area contributed by atoms with Gasteiger partial charge in [0.15, 0.2) is 0 Å². The van der Waals surface area contributed by atoms with E-state index in [0.29, 0.717) is 39.3 Å². The van der Waals surface area contributed by atoms with Crippen LogP contribution in [-0.2, 0) is 14.3 Å². The zero-order valence-electron chi connectivity index (χ0n) is 13.7. The zero-order chi connectivity index (χ0) is 15.8. The average molecular weight is 308 g/mol. The first-order chi connectivity index (χ1) is 10.7. The van der Waals surface area contributed by atoms with Gasteiger partial charge in [-0.2, -0.15) is 0 Å². The molecule has 124 valence electrons. The Morgan fingerprint density at radius 1 is 1.23 bits per heavy atom. The van der Waals surface area contributed by atoms with Crippen LogP contribution in [0.15, 0.2) is 11.6 Å². The Morgan fingerprint density at radius 2 is 2.00 bits per heavy atom. The van der Waals surface area contributed by atoms with E-state index in [2.05, 4.69) is 6.08 Å². The van der Waals surface area contributed by atoms with Crippen molar-refractivity contribution in [2.24, 2.45) is 0 Å². The van der Waals surface area contributed by atoms with Crippen LogP contribution < -0.4 is 0 Å². The first-order valence-corrected chi connectivity index (χ1v) is 8.46. The van der Waals surface area contributed by atoms with E-state index >= 15 is 0 Å². The van der Waals surface area contributed by atoms with Crippen molar-refractivity contribution in [3.05, 3.63) is 11.6 Å². The maximum absolute atomic E-state index is 12.2. The summed E-state index contributed by atoms with van der Waals surface area (Å²) in [5.41, 5.74) is 1.47. The number of amides is 2. The van der Waals surface area contributed by atoms with Crippen LogP contribution in [-0.4, -0.2) is 61.0 Å². The molecule has 0 atom stereocenters. The van der Waals surface area contributed by atoms with E-state index in [4.69, 9.17) is 4.74 Å². The SMILES string of the molecule is CC(=O)N(CCC(=O)N1CCOCC1)CCC1=CCCCC1. The predicted octanol–water partition coefficient (Wildman–Crippen LogP) is 1.97. The quantitative estimate of drug-likeness (QED) is 0.705. The Hall–Kier alpha value is -1.36. The summed E-state index contributed by atoms with van der Waals surface area (Å²) in [5, 5.41) is 0. The van der Waals surface area contributed by atoms with Crippen molar-refractivity contribution in [2.45, 2.75) is 45.4 Å². The molecule has 0 N–H and O–H groups in total. The third-order valence-electron chi connectivity index (χ3n) is 4.49. The predicted molar refractivity (Wildman–Crippen MR) is 85.4 cm³/mol. The number of hydrogen-bond acceptors (Lipinski definition) is 3. The Labute approximate surface area is 133 Å². The van der Waals surface area contributed by atoms with Crippen LogP contribution in [0.3, 0.4) is 0 Å². The molecule has 0 bridgehead atoms. The van der Waals surface area contributed by atoms with Gasteiger partial charge in [-0.15, -0.1) is 0 Å². The lowest BCUT2D eigenvalue weighted by atomic mass is 9.97. The average Bonchev–Trinajstić information content (AvgIpc) is 2.56. The van der Waals surface area contributed by atoms with E-state index in [9.17, 15) is 9.59 Å². The number of morpholine rings is 1. The van der Waals surface area contributed by atoms with Gasteiger partial charge in [0.25, 0.3) is 0 Å². The van der Waals surface area contributed by atoms with Gasteiger partial charge in [-0.1, -0.05) is 11.6 Å². The molecule has 22 heavy (non-hydrogen) atoms. The highest BCUT2D eigenvalue weighted by molar-refractivity contribution is 5.78. The lowest BCUT2D eigenvalue weighted by molar-refractivity contribution is -0.136. The third-order valence-corrected chi connectivity index (χ3v) is 4.49. The minimum atomic E-state index is 0.0613. The molecule has 1 fully saturated rings. The number of hydrogen-bond donors (Lipinski definition) is 0. The molecule has 0 saturated carbocycles. The van der Waals surface area contributed by atoms with E-state index < -0.39 is 0 Å². The highest BCUT2D eigenvalue weighted by atomic mass is 16.5. The molecule has 1 aliphatic carbocycles. The maximum atomic E-state index is 12.2. The maximum Gasteiger partial charge on any atom is 0.224 e. The number of nitrogens with zero attached hydrogens (tertiary/aromatic N) is 2. The van der Waals surface area contributed by atoms with Crippen molar-refractivity contribution in [1.29, 1.82) is 0 Å². The summed E-state index contributed by atoms with van der Waals surface area (Å²) >= 11 is 0. The van der Waals surface area contributed by atoms with Gasteiger partial charge in [0.1, 0.15) is 0 Å². The Bertz CT molecular complexity index is 414. The minimum Gasteiger partial charge on any atom is -0.378 e. The molecule has 0 radical (unpaired) electrons. The number of allylic oxidation sites excluding steroid dienone is 1. The van der Waals surface area contributed by atoms with Crippen molar-refractivity contribution >= 4 is 11.8 Å². The molecule has 2 aliphatic rings. The lowest BCUT2D eigenvalue weighted by Gasteiger charge is -2.28. The fourth-order valence-corrected chi connectivity index (χ4v) is 3.04. The molecule has 5 nitrogen and oxygen atoms in total. The highest BCUT2D eigenvalue weighted by Crippen LogP contribution is 2.20. The molecule has 1 heterocycles. The van der Waals surface area contributed by atoms with Gasteiger partial charge in [-0.25, -0.2) is 0 Å². The second-order valence-corrected chi connectivity index (χ2v) is 6.11. The standard InChI is InChI=1S/C17H28N2O3/c1-15(20)18(9-7-16-5-3-2-4-6-16)10-8-17(21)19-11-13-22-14-12-19/h5H,2-4,6-14H2,1H3. The van der Waals surface area contributed by atoms with Crippen molar-refractivity contribution in [3.63, 3.8) is 0 Å². The Kier molecular flexibility index (Phi) is 6.90. The van der Waals surface area contributed by atoms with E-state index in [1.165, 1.54) is 31.3 Å². The monoisotopic (exact) mass is 308 g/mol. The van der Waals surface area contributed by atoms with Gasteiger partial charge in [-0.3, -0.25) is 9.59 Å². The molecule has 5 heteroatoms. The molecule has 0 aromatic heterocycles. The lowest BCUT2D eigenvalue weighted by Crippen LogP contribution is -2.42. The normalized spacial score (nSPS) is 18.8. The van der Waals surface area contributed by atoms with Gasteiger partial charge in [0, 0.05) is 39.5 Å². The summed E-state index contributed by atoms with van der Waals surface area (Å²) in [7, 11) is 0. The molecular weight excluding hydrogens is 280 g/mol.